The number of Topliss-reactive ketones (excluding diaryl/α,β-unsaturated/α-hetero) is 1. The Bertz CT molecular complexity index is 786. The zero-order chi connectivity index (χ0) is 34.3. The number of nitrogens with zero attached hydrogens (tertiary/aromatic N) is 1. The van der Waals surface area contributed by atoms with E-state index in [1.54, 1.807) is 0 Å². The van der Waals surface area contributed by atoms with Crippen molar-refractivity contribution < 1.29 is 4.79 Å². The number of hydrogen-bond donors (Lipinski definition) is 0. The van der Waals surface area contributed by atoms with Crippen LogP contribution in [0.15, 0.2) is 60.8 Å². The maximum absolute atomic E-state index is 13.2. The molecular weight excluding hydrogens is 571 g/mol. The van der Waals surface area contributed by atoms with Crippen molar-refractivity contribution in [2.75, 3.05) is 20.6 Å². The Balaban J connectivity index is 4.09. The molecule has 0 N–H and O–H groups in total. The van der Waals surface area contributed by atoms with Crippen molar-refractivity contribution in [1.82, 2.24) is 4.90 Å². The molecule has 47 heavy (non-hydrogen) atoms. The summed E-state index contributed by atoms with van der Waals surface area (Å²) in [6, 6.07) is 0. The topological polar surface area (TPSA) is 20.3 Å². The molecule has 0 fully saturated rings. The number of carbonyl (C=O) groups excluding carboxylic acids is 1. The molecule has 1 unspecified atom stereocenters. The molecule has 0 saturated carbocycles. The summed E-state index contributed by atoms with van der Waals surface area (Å²) in [6.45, 7) is 5.58. The highest BCUT2D eigenvalue weighted by Crippen LogP contribution is 2.23. The van der Waals surface area contributed by atoms with E-state index in [-0.39, 0.29) is 0 Å². The summed E-state index contributed by atoms with van der Waals surface area (Å²) in [5.41, 5.74) is 0. The highest BCUT2D eigenvalue weighted by atomic mass is 16.1. The van der Waals surface area contributed by atoms with Crippen LogP contribution in [0, 0.1) is 5.92 Å². The van der Waals surface area contributed by atoms with Crippen LogP contribution in [0.25, 0.3) is 0 Å². The smallest absolute Gasteiger partial charge is 0.135 e. The molecule has 0 spiro atoms. The monoisotopic (exact) mass is 652 g/mol. The molecule has 272 valence electrons. The van der Waals surface area contributed by atoms with Crippen molar-refractivity contribution in [3.63, 3.8) is 0 Å². The first kappa shape index (κ1) is 45.3. The second-order valence-corrected chi connectivity index (χ2v) is 14.1. The number of carbonyl (C=O) groups is 1. The molecule has 0 amide bonds. The lowest BCUT2D eigenvalue weighted by Crippen LogP contribution is -2.15. The van der Waals surface area contributed by atoms with Crippen molar-refractivity contribution in [2.45, 2.75) is 194 Å². The predicted octanol–water partition coefficient (Wildman–Crippen LogP) is 14.5. The Labute approximate surface area is 295 Å². The van der Waals surface area contributed by atoms with Gasteiger partial charge < -0.3 is 4.90 Å². The van der Waals surface area contributed by atoms with Crippen LogP contribution in [-0.2, 0) is 4.79 Å². The summed E-state index contributed by atoms with van der Waals surface area (Å²) in [4.78, 5) is 15.4. The maximum Gasteiger partial charge on any atom is 0.135 e. The summed E-state index contributed by atoms with van der Waals surface area (Å²) in [5.74, 6) is 0.882. The number of ketones is 1. The number of rotatable bonds is 36. The molecule has 0 aromatic carbocycles. The van der Waals surface area contributed by atoms with Gasteiger partial charge in [-0.3, -0.25) is 4.79 Å². The van der Waals surface area contributed by atoms with Gasteiger partial charge in [-0.25, -0.2) is 0 Å². The summed E-state index contributed by atoms with van der Waals surface area (Å²) in [5, 5.41) is 0. The van der Waals surface area contributed by atoms with Gasteiger partial charge in [-0.05, 0) is 111 Å². The van der Waals surface area contributed by atoms with Crippen molar-refractivity contribution in [2.24, 2.45) is 5.92 Å². The molecule has 0 aromatic heterocycles. The first-order valence-corrected chi connectivity index (χ1v) is 20.5. The predicted molar refractivity (Wildman–Crippen MR) is 213 cm³/mol. The average Bonchev–Trinajstić information content (AvgIpc) is 3.06. The summed E-state index contributed by atoms with van der Waals surface area (Å²) in [7, 11) is 4.28. The minimum Gasteiger partial charge on any atom is -0.309 e. The van der Waals surface area contributed by atoms with Crippen LogP contribution in [0.1, 0.15) is 194 Å². The van der Waals surface area contributed by atoms with Crippen LogP contribution in [0.5, 0.6) is 0 Å². The standard InChI is InChI=1S/C45H81NO/c1-5-7-9-11-13-15-17-19-21-23-25-27-29-31-33-36-40-44(45(47)42-38-35-39-43-46(3)4)41-37-34-32-30-28-26-24-22-20-18-16-14-12-10-8-6-2/h7,9,13-16,19-22,44H,5-6,8,10-12,17-18,23-43H2,1-4H3/b9-7-,15-13-,16-14-,21-19-,22-20-. The molecule has 1 atom stereocenters. The van der Waals surface area contributed by atoms with Crippen molar-refractivity contribution in [3.8, 4) is 0 Å². The number of allylic oxidation sites excluding steroid dienone is 10. The van der Waals surface area contributed by atoms with Gasteiger partial charge >= 0.3 is 0 Å². The number of unbranched alkanes of at least 4 members (excludes halogenated alkanes) is 17. The van der Waals surface area contributed by atoms with E-state index in [9.17, 15) is 4.79 Å². The van der Waals surface area contributed by atoms with Gasteiger partial charge in [0.2, 0.25) is 0 Å². The van der Waals surface area contributed by atoms with Crippen LogP contribution in [-0.4, -0.2) is 31.3 Å². The molecule has 0 aliphatic heterocycles. The van der Waals surface area contributed by atoms with Crippen LogP contribution < -0.4 is 0 Å². The minimum absolute atomic E-state index is 0.316. The highest BCUT2D eigenvalue weighted by Gasteiger charge is 2.17. The lowest BCUT2D eigenvalue weighted by molar-refractivity contribution is -0.123. The zero-order valence-corrected chi connectivity index (χ0v) is 32.2. The van der Waals surface area contributed by atoms with Gasteiger partial charge in [0, 0.05) is 12.3 Å². The Morgan fingerprint density at radius 1 is 0.468 bits per heavy atom. The molecule has 0 aromatic rings. The van der Waals surface area contributed by atoms with E-state index in [0.717, 1.165) is 57.9 Å². The summed E-state index contributed by atoms with van der Waals surface area (Å²) < 4.78 is 0. The quantitative estimate of drug-likeness (QED) is 0.0496. The van der Waals surface area contributed by atoms with E-state index in [1.807, 2.05) is 0 Å². The molecule has 0 bridgehead atoms. The summed E-state index contributed by atoms with van der Waals surface area (Å²) >= 11 is 0. The van der Waals surface area contributed by atoms with E-state index in [1.165, 1.54) is 128 Å². The lowest BCUT2D eigenvalue weighted by atomic mass is 9.88. The van der Waals surface area contributed by atoms with E-state index in [0.29, 0.717) is 11.7 Å². The Morgan fingerprint density at radius 3 is 1.34 bits per heavy atom. The molecule has 0 radical (unpaired) electrons. The first-order valence-electron chi connectivity index (χ1n) is 20.5. The third-order valence-corrected chi connectivity index (χ3v) is 9.19. The fourth-order valence-electron chi connectivity index (χ4n) is 6.14. The van der Waals surface area contributed by atoms with Gasteiger partial charge in [-0.1, -0.05) is 158 Å². The first-order chi connectivity index (χ1) is 23.1. The average molecular weight is 652 g/mol. The SMILES string of the molecule is CC/C=C\C/C=C\C/C=C\CCCCCCCCC(CCCCCCCC/C=C\C/C=C\CCCCC)C(=O)CCCCCN(C)C. The molecule has 0 aliphatic carbocycles. The zero-order valence-electron chi connectivity index (χ0n) is 32.2. The molecular formula is C45H81NO. The van der Waals surface area contributed by atoms with Crippen molar-refractivity contribution in [3.05, 3.63) is 60.8 Å². The fraction of sp³-hybridized carbons (Fsp3) is 0.756. The third kappa shape index (κ3) is 37.0. The normalized spacial score (nSPS) is 13.2. The fourth-order valence-corrected chi connectivity index (χ4v) is 6.14. The van der Waals surface area contributed by atoms with Gasteiger partial charge in [0.15, 0.2) is 0 Å². The maximum atomic E-state index is 13.2. The van der Waals surface area contributed by atoms with Crippen LogP contribution in [0.2, 0.25) is 0 Å². The number of hydrogen-bond acceptors (Lipinski definition) is 2. The Morgan fingerprint density at radius 2 is 0.872 bits per heavy atom. The molecule has 2 heteroatoms. The molecule has 0 rings (SSSR count). The van der Waals surface area contributed by atoms with Gasteiger partial charge in [0.05, 0.1) is 0 Å². The van der Waals surface area contributed by atoms with Gasteiger partial charge in [-0.15, -0.1) is 0 Å². The Kier molecular flexibility index (Phi) is 37.4. The molecule has 2 nitrogen and oxygen atoms in total. The van der Waals surface area contributed by atoms with E-state index in [2.05, 4.69) is 93.6 Å². The summed E-state index contributed by atoms with van der Waals surface area (Å²) in [6.07, 6.45) is 57.3. The third-order valence-electron chi connectivity index (χ3n) is 9.19. The second-order valence-electron chi connectivity index (χ2n) is 14.1. The largest absolute Gasteiger partial charge is 0.309 e. The van der Waals surface area contributed by atoms with Gasteiger partial charge in [-0.2, -0.15) is 0 Å². The highest BCUT2D eigenvalue weighted by molar-refractivity contribution is 5.80. The molecule has 0 saturated heterocycles. The van der Waals surface area contributed by atoms with Crippen molar-refractivity contribution in [1.29, 1.82) is 0 Å². The molecule has 0 heterocycles. The minimum atomic E-state index is 0.316. The van der Waals surface area contributed by atoms with Crippen LogP contribution in [0.4, 0.5) is 0 Å². The van der Waals surface area contributed by atoms with Crippen LogP contribution in [0.3, 0.4) is 0 Å². The molecule has 0 aliphatic rings. The van der Waals surface area contributed by atoms with Gasteiger partial charge in [0.1, 0.15) is 5.78 Å². The lowest BCUT2D eigenvalue weighted by Gasteiger charge is -2.16. The Hall–Kier alpha value is -1.67. The second kappa shape index (κ2) is 38.8. The van der Waals surface area contributed by atoms with E-state index >= 15 is 0 Å². The van der Waals surface area contributed by atoms with E-state index in [4.69, 9.17) is 0 Å². The van der Waals surface area contributed by atoms with E-state index < -0.39 is 0 Å². The van der Waals surface area contributed by atoms with Crippen LogP contribution >= 0.6 is 0 Å². The van der Waals surface area contributed by atoms with Gasteiger partial charge in [0.25, 0.3) is 0 Å². The van der Waals surface area contributed by atoms with Crippen molar-refractivity contribution >= 4 is 5.78 Å².